The average molecular weight is 487 g/mol. The monoisotopic (exact) mass is 486 g/mol. The molecule has 35 heavy (non-hydrogen) atoms. The molecule has 0 unspecified atom stereocenters. The molecule has 6 rings (SSSR count). The first-order valence-corrected chi connectivity index (χ1v) is 12.9. The molecule has 0 N–H and O–H groups in total. The van der Waals surface area contributed by atoms with Gasteiger partial charge in [-0.3, -0.25) is 19.3 Å². The summed E-state index contributed by atoms with van der Waals surface area (Å²) in [4.78, 5) is 39.1. The Balaban J connectivity index is 1.29. The molecule has 178 valence electrons. The number of amides is 2. The van der Waals surface area contributed by atoms with Crippen molar-refractivity contribution in [1.29, 1.82) is 0 Å². The Labute approximate surface area is 207 Å². The van der Waals surface area contributed by atoms with E-state index in [0.29, 0.717) is 43.2 Å². The molecule has 4 aromatic rings. The highest BCUT2D eigenvalue weighted by Crippen LogP contribution is 2.33. The third kappa shape index (κ3) is 4.32. The summed E-state index contributed by atoms with van der Waals surface area (Å²) in [6.07, 6.45) is 4.87. The highest BCUT2D eigenvalue weighted by Gasteiger charge is 2.33. The van der Waals surface area contributed by atoms with Crippen LogP contribution >= 0.6 is 11.3 Å². The van der Waals surface area contributed by atoms with Crippen LogP contribution in [0, 0.1) is 5.92 Å². The van der Waals surface area contributed by atoms with Crippen LogP contribution in [0.15, 0.2) is 47.4 Å². The second-order valence-corrected chi connectivity index (χ2v) is 10.1. The SMILES string of the molecule is CN(Cc1cscn1)C(=O)c1nn(CC2CC2)c2c1CN(C(=O)c1ccc3ncccc3c1)CC2. The predicted octanol–water partition coefficient (Wildman–Crippen LogP) is 3.77. The first kappa shape index (κ1) is 21.9. The van der Waals surface area contributed by atoms with Gasteiger partial charge in [-0.05, 0) is 43.0 Å². The van der Waals surface area contributed by atoms with Crippen LogP contribution in [0.1, 0.15) is 50.6 Å². The summed E-state index contributed by atoms with van der Waals surface area (Å²) >= 11 is 1.51. The molecule has 1 aliphatic heterocycles. The van der Waals surface area contributed by atoms with Crippen molar-refractivity contribution in [2.45, 2.75) is 38.9 Å². The smallest absolute Gasteiger partial charge is 0.274 e. The lowest BCUT2D eigenvalue weighted by atomic mass is 10.0. The number of carbonyl (C=O) groups is 2. The zero-order chi connectivity index (χ0) is 23.9. The first-order valence-electron chi connectivity index (χ1n) is 11.9. The zero-order valence-corrected chi connectivity index (χ0v) is 20.4. The Morgan fingerprint density at radius 2 is 2.09 bits per heavy atom. The molecular weight excluding hydrogens is 460 g/mol. The van der Waals surface area contributed by atoms with E-state index in [1.54, 1.807) is 23.7 Å². The summed E-state index contributed by atoms with van der Waals surface area (Å²) in [6, 6.07) is 9.44. The molecule has 0 saturated heterocycles. The number of fused-ring (bicyclic) bond motifs is 2. The molecule has 1 aromatic carbocycles. The van der Waals surface area contributed by atoms with Gasteiger partial charge in [0.25, 0.3) is 11.8 Å². The summed E-state index contributed by atoms with van der Waals surface area (Å²) in [5, 5.41) is 7.68. The van der Waals surface area contributed by atoms with Crippen LogP contribution in [-0.2, 0) is 26.1 Å². The molecule has 2 amide bonds. The van der Waals surface area contributed by atoms with Gasteiger partial charge in [-0.15, -0.1) is 11.3 Å². The number of benzene rings is 1. The van der Waals surface area contributed by atoms with Gasteiger partial charge >= 0.3 is 0 Å². The summed E-state index contributed by atoms with van der Waals surface area (Å²) in [6.45, 7) is 2.27. The van der Waals surface area contributed by atoms with Gasteiger partial charge in [0.05, 0.1) is 29.8 Å². The number of carbonyl (C=O) groups excluding carboxylic acids is 2. The number of hydrogen-bond donors (Lipinski definition) is 0. The van der Waals surface area contributed by atoms with E-state index in [4.69, 9.17) is 5.10 Å². The van der Waals surface area contributed by atoms with Crippen molar-refractivity contribution in [2.75, 3.05) is 13.6 Å². The number of pyridine rings is 1. The lowest BCUT2D eigenvalue weighted by Crippen LogP contribution is -2.37. The molecule has 0 bridgehead atoms. The molecular formula is C26H26N6O2S. The van der Waals surface area contributed by atoms with Crippen molar-refractivity contribution in [3.63, 3.8) is 0 Å². The molecule has 3 aromatic heterocycles. The van der Waals surface area contributed by atoms with Crippen molar-refractivity contribution in [3.05, 3.63) is 75.6 Å². The number of nitrogens with zero attached hydrogens (tertiary/aromatic N) is 6. The van der Waals surface area contributed by atoms with Crippen LogP contribution in [0.5, 0.6) is 0 Å². The summed E-state index contributed by atoms with van der Waals surface area (Å²) in [5.74, 6) is 0.473. The topological polar surface area (TPSA) is 84.2 Å². The van der Waals surface area contributed by atoms with E-state index < -0.39 is 0 Å². The molecule has 0 radical (unpaired) electrons. The largest absolute Gasteiger partial charge is 0.334 e. The van der Waals surface area contributed by atoms with Gasteiger partial charge in [-0.1, -0.05) is 6.07 Å². The molecule has 2 aliphatic rings. The van der Waals surface area contributed by atoms with Gasteiger partial charge in [0.1, 0.15) is 0 Å². The fourth-order valence-corrected chi connectivity index (χ4v) is 5.28. The van der Waals surface area contributed by atoms with Crippen molar-refractivity contribution in [2.24, 2.45) is 5.92 Å². The summed E-state index contributed by atoms with van der Waals surface area (Å²) < 4.78 is 2.03. The van der Waals surface area contributed by atoms with Gasteiger partial charge < -0.3 is 9.80 Å². The van der Waals surface area contributed by atoms with E-state index in [0.717, 1.165) is 34.4 Å². The lowest BCUT2D eigenvalue weighted by Gasteiger charge is -2.28. The summed E-state index contributed by atoms with van der Waals surface area (Å²) in [5.41, 5.74) is 6.55. The molecule has 1 fully saturated rings. The van der Waals surface area contributed by atoms with Gasteiger partial charge in [0.2, 0.25) is 0 Å². The molecule has 0 spiro atoms. The Hall–Kier alpha value is -3.59. The van der Waals surface area contributed by atoms with E-state index in [2.05, 4.69) is 9.97 Å². The highest BCUT2D eigenvalue weighted by molar-refractivity contribution is 7.07. The highest BCUT2D eigenvalue weighted by atomic mass is 32.1. The van der Waals surface area contributed by atoms with Crippen LogP contribution in [0.25, 0.3) is 10.9 Å². The van der Waals surface area contributed by atoms with Gasteiger partial charge in [-0.25, -0.2) is 4.98 Å². The maximum absolute atomic E-state index is 13.5. The Kier molecular flexibility index (Phi) is 5.56. The van der Waals surface area contributed by atoms with Crippen LogP contribution in [-0.4, -0.2) is 55.0 Å². The Morgan fingerprint density at radius 3 is 2.89 bits per heavy atom. The van der Waals surface area contributed by atoms with Gasteiger partial charge in [0.15, 0.2) is 5.69 Å². The van der Waals surface area contributed by atoms with Gasteiger partial charge in [0, 0.05) is 60.3 Å². The number of aromatic nitrogens is 4. The van der Waals surface area contributed by atoms with Crippen molar-refractivity contribution in [1.82, 2.24) is 29.5 Å². The van der Waals surface area contributed by atoms with Crippen LogP contribution < -0.4 is 0 Å². The van der Waals surface area contributed by atoms with E-state index in [9.17, 15) is 9.59 Å². The predicted molar refractivity (Wildman–Crippen MR) is 133 cm³/mol. The molecule has 1 aliphatic carbocycles. The van der Waals surface area contributed by atoms with Crippen LogP contribution in [0.3, 0.4) is 0 Å². The fraction of sp³-hybridized carbons (Fsp3) is 0.346. The maximum Gasteiger partial charge on any atom is 0.274 e. The molecule has 1 saturated carbocycles. The third-order valence-electron chi connectivity index (χ3n) is 6.83. The molecule has 0 atom stereocenters. The molecule has 4 heterocycles. The van der Waals surface area contributed by atoms with Crippen molar-refractivity contribution < 1.29 is 9.59 Å². The fourth-order valence-electron chi connectivity index (χ4n) is 4.73. The minimum atomic E-state index is -0.130. The van der Waals surface area contributed by atoms with Gasteiger partial charge in [-0.2, -0.15) is 5.10 Å². The standard InChI is InChI=1S/C26H26N6O2S/c1-30(13-20-15-35-16-28-20)26(34)24-21-14-31(10-8-23(21)32(29-24)12-17-4-5-17)25(33)19-6-7-22-18(11-19)3-2-9-27-22/h2-3,6-7,9,11,15-17H,4-5,8,10,12-14H2,1H3. The average Bonchev–Trinajstić information content (AvgIpc) is 3.42. The number of rotatable bonds is 6. The zero-order valence-electron chi connectivity index (χ0n) is 19.6. The van der Waals surface area contributed by atoms with Crippen molar-refractivity contribution >= 4 is 34.1 Å². The minimum absolute atomic E-state index is 0.0365. The Bertz CT molecular complexity index is 1410. The lowest BCUT2D eigenvalue weighted by molar-refractivity contribution is 0.0721. The second kappa shape index (κ2) is 8.88. The van der Waals surface area contributed by atoms with E-state index in [1.807, 2.05) is 45.3 Å². The second-order valence-electron chi connectivity index (χ2n) is 9.43. The Morgan fingerprint density at radius 1 is 1.20 bits per heavy atom. The quantitative estimate of drug-likeness (QED) is 0.414. The normalized spacial score (nSPS) is 15.3. The number of hydrogen-bond acceptors (Lipinski definition) is 6. The third-order valence-corrected chi connectivity index (χ3v) is 7.47. The van der Waals surface area contributed by atoms with E-state index in [1.165, 1.54) is 24.2 Å². The molecule has 9 heteroatoms. The van der Waals surface area contributed by atoms with Crippen LogP contribution in [0.2, 0.25) is 0 Å². The van der Waals surface area contributed by atoms with E-state index in [-0.39, 0.29) is 11.8 Å². The first-order chi connectivity index (χ1) is 17.1. The molecule has 8 nitrogen and oxygen atoms in total. The van der Waals surface area contributed by atoms with Crippen LogP contribution in [0.4, 0.5) is 0 Å². The number of thiazole rings is 1. The summed E-state index contributed by atoms with van der Waals surface area (Å²) in [7, 11) is 1.78. The van der Waals surface area contributed by atoms with E-state index >= 15 is 0 Å². The van der Waals surface area contributed by atoms with Crippen molar-refractivity contribution in [3.8, 4) is 0 Å². The minimum Gasteiger partial charge on any atom is -0.334 e. The maximum atomic E-state index is 13.5.